The molecular weight excluding hydrogens is 369 g/mol. The molecule has 26 heavy (non-hydrogen) atoms. The van der Waals surface area contributed by atoms with Crippen molar-refractivity contribution in [1.82, 2.24) is 15.2 Å². The molecule has 142 valence electrons. The van der Waals surface area contributed by atoms with Gasteiger partial charge in [-0.05, 0) is 63.3 Å². The van der Waals surface area contributed by atoms with E-state index in [2.05, 4.69) is 29.4 Å². The lowest BCUT2D eigenvalue weighted by atomic mass is 9.78. The average Bonchev–Trinajstić information content (AvgIpc) is 3.03. The molecule has 0 saturated carbocycles. The summed E-state index contributed by atoms with van der Waals surface area (Å²) in [5, 5.41) is 4.53. The van der Waals surface area contributed by atoms with Crippen molar-refractivity contribution in [2.45, 2.75) is 33.1 Å². The Balaban J connectivity index is 0.00000121. The first-order valence-corrected chi connectivity index (χ1v) is 8.94. The summed E-state index contributed by atoms with van der Waals surface area (Å²) in [7, 11) is 0. The molecule has 4 rings (SSSR count). The van der Waals surface area contributed by atoms with Crippen molar-refractivity contribution in [3.63, 3.8) is 0 Å². The number of carbonyl (C=O) groups is 1. The van der Waals surface area contributed by atoms with Crippen LogP contribution in [0.4, 0.5) is 0 Å². The van der Waals surface area contributed by atoms with Gasteiger partial charge in [-0.15, -0.1) is 24.8 Å². The minimum absolute atomic E-state index is 0. The third-order valence-corrected chi connectivity index (χ3v) is 5.83. The van der Waals surface area contributed by atoms with Gasteiger partial charge in [0.15, 0.2) is 0 Å². The van der Waals surface area contributed by atoms with Crippen LogP contribution in [0.15, 0.2) is 24.3 Å². The molecular formula is C20H27Cl2N3O. The minimum Gasteiger partial charge on any atom is -0.339 e. The predicted molar refractivity (Wildman–Crippen MR) is 111 cm³/mol. The van der Waals surface area contributed by atoms with Gasteiger partial charge in [0.2, 0.25) is 0 Å². The smallest absolute Gasteiger partial charge is 0.255 e. The first kappa shape index (κ1) is 20.9. The van der Waals surface area contributed by atoms with Gasteiger partial charge in [-0.2, -0.15) is 0 Å². The highest BCUT2D eigenvalue weighted by Gasteiger charge is 2.38. The number of amides is 1. The SMILES string of the molecule is Cc1ccc2nc(C)c(C(=O)N3CCC4(CCNC4)CC3)cc2c1.Cl.Cl. The Morgan fingerprint density at radius 1 is 1.12 bits per heavy atom. The standard InChI is InChI=1S/C20H25N3O.2ClH/c1-14-3-4-18-16(11-14)12-17(15(2)22-18)19(24)23-9-6-20(7-10-23)5-8-21-13-20;;/h3-4,11-12,21H,5-10,13H2,1-2H3;2*1H. The van der Waals surface area contributed by atoms with Crippen molar-refractivity contribution in [1.29, 1.82) is 0 Å². The second-order valence-corrected chi connectivity index (χ2v) is 7.54. The van der Waals surface area contributed by atoms with E-state index in [9.17, 15) is 4.79 Å². The molecule has 0 atom stereocenters. The number of aromatic nitrogens is 1. The Hall–Kier alpha value is -1.36. The fourth-order valence-corrected chi connectivity index (χ4v) is 4.19. The van der Waals surface area contributed by atoms with Crippen molar-refractivity contribution in [3.8, 4) is 0 Å². The number of halogens is 2. The molecule has 1 N–H and O–H groups in total. The van der Waals surface area contributed by atoms with Gasteiger partial charge >= 0.3 is 0 Å². The summed E-state index contributed by atoms with van der Waals surface area (Å²) in [6.07, 6.45) is 3.49. The van der Waals surface area contributed by atoms with Gasteiger partial charge in [0.1, 0.15) is 0 Å². The lowest BCUT2D eigenvalue weighted by molar-refractivity contribution is 0.0606. The van der Waals surface area contributed by atoms with Gasteiger partial charge in [-0.1, -0.05) is 11.6 Å². The van der Waals surface area contributed by atoms with Gasteiger partial charge in [-0.3, -0.25) is 9.78 Å². The average molecular weight is 396 g/mol. The van der Waals surface area contributed by atoms with E-state index in [1.165, 1.54) is 12.0 Å². The van der Waals surface area contributed by atoms with Crippen molar-refractivity contribution < 1.29 is 4.79 Å². The Bertz CT molecular complexity index is 793. The highest BCUT2D eigenvalue weighted by atomic mass is 35.5. The van der Waals surface area contributed by atoms with E-state index in [0.29, 0.717) is 5.41 Å². The molecule has 2 fully saturated rings. The number of aryl methyl sites for hydroxylation is 2. The van der Waals surface area contributed by atoms with E-state index >= 15 is 0 Å². The molecule has 2 aromatic rings. The van der Waals surface area contributed by atoms with Crippen molar-refractivity contribution in [2.75, 3.05) is 26.2 Å². The normalized spacial score (nSPS) is 18.5. The third-order valence-electron chi connectivity index (χ3n) is 5.83. The molecule has 1 spiro atoms. The second kappa shape index (κ2) is 8.12. The maximum absolute atomic E-state index is 13.0. The Morgan fingerprint density at radius 2 is 1.85 bits per heavy atom. The number of hydrogen-bond donors (Lipinski definition) is 1. The number of piperidine rings is 1. The molecule has 3 heterocycles. The zero-order chi connectivity index (χ0) is 16.7. The van der Waals surface area contributed by atoms with Crippen LogP contribution in [0.2, 0.25) is 0 Å². The molecule has 0 bridgehead atoms. The number of nitrogens with one attached hydrogen (secondary N) is 1. The lowest BCUT2D eigenvalue weighted by Crippen LogP contribution is -2.44. The molecule has 2 aliphatic heterocycles. The van der Waals surface area contributed by atoms with Gasteiger partial charge in [0.25, 0.3) is 5.91 Å². The molecule has 0 unspecified atom stereocenters. The van der Waals surface area contributed by atoms with Crippen LogP contribution in [0.25, 0.3) is 10.9 Å². The number of likely N-dealkylation sites (tertiary alicyclic amines) is 1. The molecule has 6 heteroatoms. The molecule has 0 radical (unpaired) electrons. The van der Waals surface area contributed by atoms with Crippen LogP contribution in [-0.4, -0.2) is 42.0 Å². The summed E-state index contributed by atoms with van der Waals surface area (Å²) < 4.78 is 0. The van der Waals surface area contributed by atoms with Crippen LogP contribution in [0.3, 0.4) is 0 Å². The van der Waals surface area contributed by atoms with Gasteiger partial charge < -0.3 is 10.2 Å². The Morgan fingerprint density at radius 3 is 2.50 bits per heavy atom. The molecule has 1 aromatic carbocycles. The molecule has 4 nitrogen and oxygen atoms in total. The summed E-state index contributed by atoms with van der Waals surface area (Å²) in [6.45, 7) is 7.99. The first-order chi connectivity index (χ1) is 11.6. The number of hydrogen-bond acceptors (Lipinski definition) is 3. The summed E-state index contributed by atoms with van der Waals surface area (Å²) >= 11 is 0. The Labute approximate surface area is 167 Å². The molecule has 0 aliphatic carbocycles. The lowest BCUT2D eigenvalue weighted by Gasteiger charge is -2.39. The van der Waals surface area contributed by atoms with E-state index < -0.39 is 0 Å². The van der Waals surface area contributed by atoms with Crippen LogP contribution in [-0.2, 0) is 0 Å². The maximum atomic E-state index is 13.0. The van der Waals surface area contributed by atoms with Crippen LogP contribution in [0, 0.1) is 19.3 Å². The van der Waals surface area contributed by atoms with Crippen LogP contribution in [0.1, 0.15) is 40.9 Å². The van der Waals surface area contributed by atoms with Crippen LogP contribution in [0.5, 0.6) is 0 Å². The first-order valence-electron chi connectivity index (χ1n) is 8.94. The number of carbonyl (C=O) groups excluding carboxylic acids is 1. The minimum atomic E-state index is 0. The maximum Gasteiger partial charge on any atom is 0.255 e. The van der Waals surface area contributed by atoms with Gasteiger partial charge in [-0.25, -0.2) is 0 Å². The monoisotopic (exact) mass is 395 g/mol. The number of fused-ring (bicyclic) bond motifs is 1. The predicted octanol–water partition coefficient (Wildman–Crippen LogP) is 3.91. The quantitative estimate of drug-likeness (QED) is 0.795. The van der Waals surface area contributed by atoms with Gasteiger partial charge in [0.05, 0.1) is 16.8 Å². The molecule has 2 saturated heterocycles. The van der Waals surface area contributed by atoms with Crippen molar-refractivity contribution >= 4 is 41.6 Å². The topological polar surface area (TPSA) is 45.2 Å². The van der Waals surface area contributed by atoms with Crippen molar-refractivity contribution in [3.05, 3.63) is 41.1 Å². The molecule has 2 aliphatic rings. The van der Waals surface area contributed by atoms with Crippen molar-refractivity contribution in [2.24, 2.45) is 5.41 Å². The van der Waals surface area contributed by atoms with Gasteiger partial charge in [0, 0.05) is 25.0 Å². The van der Waals surface area contributed by atoms with E-state index in [0.717, 1.165) is 61.2 Å². The number of nitrogens with zero attached hydrogens (tertiary/aromatic N) is 2. The zero-order valence-electron chi connectivity index (χ0n) is 15.4. The largest absolute Gasteiger partial charge is 0.339 e. The summed E-state index contributed by atoms with van der Waals surface area (Å²) in [6, 6.07) is 8.22. The fraction of sp³-hybridized carbons (Fsp3) is 0.500. The zero-order valence-corrected chi connectivity index (χ0v) is 17.0. The second-order valence-electron chi connectivity index (χ2n) is 7.54. The number of benzene rings is 1. The fourth-order valence-electron chi connectivity index (χ4n) is 4.19. The highest BCUT2D eigenvalue weighted by molar-refractivity contribution is 5.98. The van der Waals surface area contributed by atoms with E-state index in [4.69, 9.17) is 0 Å². The summed E-state index contributed by atoms with van der Waals surface area (Å²) in [4.78, 5) is 19.7. The Kier molecular flexibility index (Phi) is 6.54. The number of pyridine rings is 1. The molecule has 1 aromatic heterocycles. The summed E-state index contributed by atoms with van der Waals surface area (Å²) in [5.41, 5.74) is 4.18. The third kappa shape index (κ3) is 3.83. The summed E-state index contributed by atoms with van der Waals surface area (Å²) in [5.74, 6) is 0.143. The number of rotatable bonds is 1. The van der Waals surface area contributed by atoms with Crippen LogP contribution >= 0.6 is 24.8 Å². The molecule has 1 amide bonds. The van der Waals surface area contributed by atoms with Crippen LogP contribution < -0.4 is 5.32 Å². The van der Waals surface area contributed by atoms with E-state index in [-0.39, 0.29) is 30.7 Å². The van der Waals surface area contributed by atoms with E-state index in [1.807, 2.05) is 24.0 Å². The highest BCUT2D eigenvalue weighted by Crippen LogP contribution is 2.37. The van der Waals surface area contributed by atoms with E-state index in [1.54, 1.807) is 0 Å².